The Kier molecular flexibility index (Phi) is 3.93. The molecule has 0 fully saturated rings. The predicted molar refractivity (Wildman–Crippen MR) is 88.0 cm³/mol. The Labute approximate surface area is 139 Å². The number of carbonyl (C=O) groups is 3. The Morgan fingerprint density at radius 2 is 1.54 bits per heavy atom. The summed E-state index contributed by atoms with van der Waals surface area (Å²) in [7, 11) is 0. The molecule has 0 aromatic heterocycles. The van der Waals surface area contributed by atoms with Gasteiger partial charge in [-0.15, -0.1) is 0 Å². The molecule has 24 heavy (non-hydrogen) atoms. The van der Waals surface area contributed by atoms with Crippen molar-refractivity contribution in [1.82, 2.24) is 4.90 Å². The molecule has 0 radical (unpaired) electrons. The van der Waals surface area contributed by atoms with E-state index in [1.165, 1.54) is 6.92 Å². The lowest BCUT2D eigenvalue weighted by atomic mass is 10.1. The van der Waals surface area contributed by atoms with E-state index in [4.69, 9.17) is 4.74 Å². The minimum atomic E-state index is -1.00. The standard InChI is InChI=1S/C19H17NO4/c1-11-8-9-14(10-12(11)2)24-19(23)13(3)20-17(21)15-6-4-5-7-16(15)18(20)22/h4-10,13H,1-3H3/t13-/m1/s1. The van der Waals surface area contributed by atoms with Crippen LogP contribution in [0.1, 0.15) is 38.8 Å². The Balaban J connectivity index is 1.80. The number of benzene rings is 2. The molecule has 3 rings (SSSR count). The molecular weight excluding hydrogens is 306 g/mol. The van der Waals surface area contributed by atoms with Crippen LogP contribution in [0.3, 0.4) is 0 Å². The van der Waals surface area contributed by atoms with Gasteiger partial charge in [-0.1, -0.05) is 18.2 Å². The van der Waals surface area contributed by atoms with E-state index in [1.54, 1.807) is 36.4 Å². The number of carbonyl (C=O) groups excluding carboxylic acids is 3. The number of rotatable bonds is 3. The average Bonchev–Trinajstić information content (AvgIpc) is 2.82. The summed E-state index contributed by atoms with van der Waals surface area (Å²) in [6.07, 6.45) is 0. The summed E-state index contributed by atoms with van der Waals surface area (Å²) in [5.41, 5.74) is 2.71. The van der Waals surface area contributed by atoms with Crippen molar-refractivity contribution in [2.75, 3.05) is 0 Å². The number of hydrogen-bond donors (Lipinski definition) is 0. The molecule has 0 unspecified atom stereocenters. The maximum Gasteiger partial charge on any atom is 0.334 e. The zero-order valence-corrected chi connectivity index (χ0v) is 13.7. The second kappa shape index (κ2) is 5.92. The molecule has 2 aromatic carbocycles. The van der Waals surface area contributed by atoms with Gasteiger partial charge in [0.1, 0.15) is 11.8 Å². The number of amides is 2. The Hall–Kier alpha value is -2.95. The summed E-state index contributed by atoms with van der Waals surface area (Å²) < 4.78 is 5.33. The van der Waals surface area contributed by atoms with Crippen LogP contribution < -0.4 is 4.74 Å². The van der Waals surface area contributed by atoms with Crippen LogP contribution in [0.2, 0.25) is 0 Å². The van der Waals surface area contributed by atoms with Gasteiger partial charge in [0.05, 0.1) is 11.1 Å². The number of hydrogen-bond acceptors (Lipinski definition) is 4. The lowest BCUT2D eigenvalue weighted by Crippen LogP contribution is -2.44. The molecule has 2 aromatic rings. The molecule has 1 atom stereocenters. The van der Waals surface area contributed by atoms with Gasteiger partial charge in [0.2, 0.25) is 0 Å². The van der Waals surface area contributed by atoms with Crippen molar-refractivity contribution >= 4 is 17.8 Å². The number of nitrogens with zero attached hydrogens (tertiary/aromatic N) is 1. The average molecular weight is 323 g/mol. The van der Waals surface area contributed by atoms with Crippen LogP contribution in [0.4, 0.5) is 0 Å². The van der Waals surface area contributed by atoms with E-state index in [9.17, 15) is 14.4 Å². The third-order valence-electron chi connectivity index (χ3n) is 4.25. The van der Waals surface area contributed by atoms with Gasteiger partial charge in [-0.2, -0.15) is 0 Å². The fourth-order valence-corrected chi connectivity index (χ4v) is 2.64. The van der Waals surface area contributed by atoms with Crippen LogP contribution in [0, 0.1) is 13.8 Å². The summed E-state index contributed by atoms with van der Waals surface area (Å²) in [6, 6.07) is 10.8. The summed E-state index contributed by atoms with van der Waals surface area (Å²) in [5.74, 6) is -1.19. The number of aryl methyl sites for hydroxylation is 2. The molecule has 0 saturated heterocycles. The number of esters is 1. The van der Waals surface area contributed by atoms with Gasteiger partial charge in [0.25, 0.3) is 11.8 Å². The van der Waals surface area contributed by atoms with Crippen LogP contribution in [0.25, 0.3) is 0 Å². The van der Waals surface area contributed by atoms with Crippen LogP contribution in [0.5, 0.6) is 5.75 Å². The van der Waals surface area contributed by atoms with Gasteiger partial charge in [0, 0.05) is 0 Å². The van der Waals surface area contributed by atoms with Crippen molar-refractivity contribution in [2.24, 2.45) is 0 Å². The third kappa shape index (κ3) is 2.58. The molecule has 2 amide bonds. The van der Waals surface area contributed by atoms with E-state index < -0.39 is 23.8 Å². The minimum absolute atomic E-state index is 0.313. The molecular formula is C19H17NO4. The highest BCUT2D eigenvalue weighted by Gasteiger charge is 2.41. The molecule has 0 bridgehead atoms. The van der Waals surface area contributed by atoms with Crippen LogP contribution in [-0.4, -0.2) is 28.7 Å². The minimum Gasteiger partial charge on any atom is -0.425 e. The monoisotopic (exact) mass is 323 g/mol. The maximum absolute atomic E-state index is 12.4. The predicted octanol–water partition coefficient (Wildman–Crippen LogP) is 2.89. The van der Waals surface area contributed by atoms with E-state index in [1.807, 2.05) is 19.9 Å². The summed E-state index contributed by atoms with van der Waals surface area (Å²) in [4.78, 5) is 38.1. The highest BCUT2D eigenvalue weighted by Crippen LogP contribution is 2.25. The number of imide groups is 1. The Morgan fingerprint density at radius 1 is 0.958 bits per heavy atom. The van der Waals surface area contributed by atoms with Crippen LogP contribution in [-0.2, 0) is 4.79 Å². The molecule has 1 heterocycles. The Bertz CT molecular complexity index is 821. The lowest BCUT2D eigenvalue weighted by Gasteiger charge is -2.21. The number of ether oxygens (including phenoxy) is 1. The molecule has 0 N–H and O–H groups in total. The second-order valence-corrected chi connectivity index (χ2v) is 5.87. The maximum atomic E-state index is 12.4. The number of fused-ring (bicyclic) bond motifs is 1. The van der Waals surface area contributed by atoms with Crippen molar-refractivity contribution in [3.05, 3.63) is 64.7 Å². The molecule has 0 saturated carbocycles. The van der Waals surface area contributed by atoms with Gasteiger partial charge in [-0.05, 0) is 56.2 Å². The molecule has 0 spiro atoms. The largest absolute Gasteiger partial charge is 0.425 e. The molecule has 1 aliphatic rings. The topological polar surface area (TPSA) is 63.7 Å². The first kappa shape index (κ1) is 15.9. The van der Waals surface area contributed by atoms with Crippen molar-refractivity contribution < 1.29 is 19.1 Å². The zero-order chi connectivity index (χ0) is 17.4. The zero-order valence-electron chi connectivity index (χ0n) is 13.7. The van der Waals surface area contributed by atoms with Gasteiger partial charge >= 0.3 is 5.97 Å². The van der Waals surface area contributed by atoms with Crippen molar-refractivity contribution in [2.45, 2.75) is 26.8 Å². The van der Waals surface area contributed by atoms with Crippen molar-refractivity contribution in [3.63, 3.8) is 0 Å². The van der Waals surface area contributed by atoms with E-state index in [0.29, 0.717) is 16.9 Å². The smallest absolute Gasteiger partial charge is 0.334 e. The van der Waals surface area contributed by atoms with Gasteiger partial charge in [0.15, 0.2) is 0 Å². The first-order valence-corrected chi connectivity index (χ1v) is 7.66. The lowest BCUT2D eigenvalue weighted by molar-refractivity contribution is -0.138. The fourth-order valence-electron chi connectivity index (χ4n) is 2.64. The first-order chi connectivity index (χ1) is 11.4. The molecule has 5 heteroatoms. The van der Waals surface area contributed by atoms with E-state index >= 15 is 0 Å². The fraction of sp³-hybridized carbons (Fsp3) is 0.211. The van der Waals surface area contributed by atoms with Gasteiger partial charge in [-0.25, -0.2) is 4.79 Å². The van der Waals surface area contributed by atoms with Gasteiger partial charge < -0.3 is 4.74 Å². The molecule has 1 aliphatic heterocycles. The third-order valence-corrected chi connectivity index (χ3v) is 4.25. The highest BCUT2D eigenvalue weighted by molar-refractivity contribution is 6.22. The van der Waals surface area contributed by atoms with E-state index in [2.05, 4.69) is 0 Å². The normalized spacial score (nSPS) is 14.5. The molecule has 5 nitrogen and oxygen atoms in total. The van der Waals surface area contributed by atoms with E-state index in [0.717, 1.165) is 16.0 Å². The summed E-state index contributed by atoms with van der Waals surface area (Å²) >= 11 is 0. The van der Waals surface area contributed by atoms with Crippen LogP contribution in [0.15, 0.2) is 42.5 Å². The van der Waals surface area contributed by atoms with Gasteiger partial charge in [-0.3, -0.25) is 14.5 Å². The quantitative estimate of drug-likeness (QED) is 0.495. The first-order valence-electron chi connectivity index (χ1n) is 7.66. The van der Waals surface area contributed by atoms with Crippen molar-refractivity contribution in [3.8, 4) is 5.75 Å². The Morgan fingerprint density at radius 3 is 2.08 bits per heavy atom. The molecule has 0 aliphatic carbocycles. The summed E-state index contributed by atoms with van der Waals surface area (Å²) in [6.45, 7) is 5.37. The van der Waals surface area contributed by atoms with Crippen LogP contribution >= 0.6 is 0 Å². The SMILES string of the molecule is Cc1ccc(OC(=O)[C@@H](C)N2C(=O)c3ccccc3C2=O)cc1C. The second-order valence-electron chi connectivity index (χ2n) is 5.87. The van der Waals surface area contributed by atoms with E-state index in [-0.39, 0.29) is 0 Å². The highest BCUT2D eigenvalue weighted by atomic mass is 16.5. The summed E-state index contributed by atoms with van der Waals surface area (Å²) in [5, 5.41) is 0. The van der Waals surface area contributed by atoms with Crippen molar-refractivity contribution in [1.29, 1.82) is 0 Å². The molecule has 122 valence electrons.